The third-order valence-electron chi connectivity index (χ3n) is 7.24. The van der Waals surface area contributed by atoms with Crippen molar-refractivity contribution in [2.75, 3.05) is 14.2 Å². The lowest BCUT2D eigenvalue weighted by Crippen LogP contribution is -2.29. The molecule has 7 heteroatoms. The Balaban J connectivity index is 1.65. The number of nitriles is 1. The Morgan fingerprint density at radius 1 is 1.07 bits per heavy atom. The molecule has 1 atom stereocenters. The maximum Gasteiger partial charge on any atom is 0.336 e. The lowest BCUT2D eigenvalue weighted by molar-refractivity contribution is -0.136. The van der Waals surface area contributed by atoms with E-state index in [-0.39, 0.29) is 12.4 Å². The van der Waals surface area contributed by atoms with E-state index in [1.165, 1.54) is 7.11 Å². The molecule has 7 nitrogen and oxygen atoms in total. The summed E-state index contributed by atoms with van der Waals surface area (Å²) in [6, 6.07) is 20.6. The Labute approximate surface area is 233 Å². The number of carbonyl (C=O) groups excluding carboxylic acids is 2. The Morgan fingerprint density at radius 2 is 1.80 bits per heavy atom. The second-order valence-electron chi connectivity index (χ2n) is 9.51. The van der Waals surface area contributed by atoms with Crippen LogP contribution in [0.1, 0.15) is 51.0 Å². The summed E-state index contributed by atoms with van der Waals surface area (Å²) in [7, 11) is 2.87. The van der Waals surface area contributed by atoms with E-state index in [1.54, 1.807) is 44.4 Å². The summed E-state index contributed by atoms with van der Waals surface area (Å²) in [5.74, 6) is -0.426. The zero-order valence-corrected chi connectivity index (χ0v) is 22.5. The smallest absolute Gasteiger partial charge is 0.336 e. The molecule has 0 amide bonds. The monoisotopic (exact) mass is 532 g/mol. The molecule has 1 heterocycles. The number of ketones is 1. The number of allylic oxidation sites excluding steroid dienone is 3. The van der Waals surface area contributed by atoms with Crippen LogP contribution in [0.2, 0.25) is 0 Å². The molecule has 0 spiro atoms. The molecule has 0 aromatic heterocycles. The van der Waals surface area contributed by atoms with Gasteiger partial charge in [-0.15, -0.1) is 6.58 Å². The van der Waals surface area contributed by atoms with Gasteiger partial charge in [0.15, 0.2) is 17.3 Å². The number of benzene rings is 3. The number of carbonyl (C=O) groups is 2. The summed E-state index contributed by atoms with van der Waals surface area (Å²) in [6.45, 7) is 5.87. The number of hydrogen-bond donors (Lipinski definition) is 1. The third kappa shape index (κ3) is 4.44. The minimum atomic E-state index is -0.700. The summed E-state index contributed by atoms with van der Waals surface area (Å²) in [5.41, 5.74) is 6.24. The highest BCUT2D eigenvalue weighted by molar-refractivity contribution is 6.23. The van der Waals surface area contributed by atoms with Gasteiger partial charge in [-0.25, -0.2) is 4.79 Å². The van der Waals surface area contributed by atoms with Gasteiger partial charge >= 0.3 is 5.97 Å². The standard InChI is InChI=1S/C33H28N2O5/c1-5-10-20-15-23(16-26(38-3)32(20)40-18-22-12-7-6-11-21(22)17-34)28-27(33(37)39-4)19(2)35-30-24-13-8-9-14-25(24)31(36)29(28)30/h5-9,11-16,28,35H,1,10,18H2,2-4H3. The molecule has 0 fully saturated rings. The summed E-state index contributed by atoms with van der Waals surface area (Å²) in [6.07, 6.45) is 2.20. The Bertz CT molecular complexity index is 1660. The molecule has 2 aliphatic rings. The van der Waals surface area contributed by atoms with Gasteiger partial charge in [-0.2, -0.15) is 5.26 Å². The number of fused-ring (bicyclic) bond motifs is 2. The summed E-state index contributed by atoms with van der Waals surface area (Å²) in [4.78, 5) is 26.9. The Kier molecular flexibility index (Phi) is 7.26. The molecular formula is C33H28N2O5. The van der Waals surface area contributed by atoms with Gasteiger partial charge in [0.05, 0.1) is 37.1 Å². The van der Waals surface area contributed by atoms with Crippen LogP contribution in [0.3, 0.4) is 0 Å². The number of hydrogen-bond acceptors (Lipinski definition) is 7. The van der Waals surface area contributed by atoms with Crippen LogP contribution in [0.25, 0.3) is 5.70 Å². The maximum absolute atomic E-state index is 13.8. The predicted molar refractivity (Wildman–Crippen MR) is 151 cm³/mol. The fourth-order valence-corrected chi connectivity index (χ4v) is 5.42. The first kappa shape index (κ1) is 26.5. The lowest BCUT2D eigenvalue weighted by atomic mass is 9.79. The maximum atomic E-state index is 13.8. The van der Waals surface area contributed by atoms with Crippen LogP contribution in [0.15, 0.2) is 90.2 Å². The van der Waals surface area contributed by atoms with E-state index in [0.717, 1.165) is 16.7 Å². The number of methoxy groups -OCH3 is 2. The summed E-state index contributed by atoms with van der Waals surface area (Å²) in [5, 5.41) is 12.8. The third-order valence-corrected chi connectivity index (χ3v) is 7.24. The van der Waals surface area contributed by atoms with E-state index < -0.39 is 11.9 Å². The lowest BCUT2D eigenvalue weighted by Gasteiger charge is -2.30. The highest BCUT2D eigenvalue weighted by Crippen LogP contribution is 2.48. The van der Waals surface area contributed by atoms with E-state index in [1.807, 2.05) is 36.4 Å². The van der Waals surface area contributed by atoms with Crippen molar-refractivity contribution in [1.29, 1.82) is 5.26 Å². The molecule has 3 aromatic rings. The molecule has 1 N–H and O–H groups in total. The SMILES string of the molecule is C=CCc1cc(C2C(C(=O)OC)=C(C)NC3=C2C(=O)c2ccccc23)cc(OC)c1OCc1ccccc1C#N. The van der Waals surface area contributed by atoms with Crippen LogP contribution in [0.4, 0.5) is 0 Å². The molecule has 200 valence electrons. The van der Waals surface area contributed by atoms with Crippen molar-refractivity contribution >= 4 is 17.4 Å². The molecular weight excluding hydrogens is 504 g/mol. The van der Waals surface area contributed by atoms with Gasteiger partial charge in [-0.3, -0.25) is 4.79 Å². The van der Waals surface area contributed by atoms with Crippen LogP contribution in [-0.2, 0) is 22.6 Å². The largest absolute Gasteiger partial charge is 0.493 e. The Morgan fingerprint density at radius 3 is 2.50 bits per heavy atom. The van der Waals surface area contributed by atoms with Gasteiger partial charge in [0.2, 0.25) is 0 Å². The van der Waals surface area contributed by atoms with Crippen LogP contribution < -0.4 is 14.8 Å². The van der Waals surface area contributed by atoms with E-state index in [0.29, 0.717) is 57.2 Å². The van der Waals surface area contributed by atoms with Crippen molar-refractivity contribution in [3.8, 4) is 17.6 Å². The van der Waals surface area contributed by atoms with Crippen LogP contribution >= 0.6 is 0 Å². The first-order valence-electron chi connectivity index (χ1n) is 12.8. The van der Waals surface area contributed by atoms with Crippen molar-refractivity contribution in [1.82, 2.24) is 5.32 Å². The van der Waals surface area contributed by atoms with Gasteiger partial charge < -0.3 is 19.5 Å². The number of esters is 1. The highest BCUT2D eigenvalue weighted by atomic mass is 16.5. The van der Waals surface area contributed by atoms with E-state index in [9.17, 15) is 14.9 Å². The second-order valence-corrected chi connectivity index (χ2v) is 9.51. The van der Waals surface area contributed by atoms with Crippen LogP contribution in [0.5, 0.6) is 11.5 Å². The zero-order valence-electron chi connectivity index (χ0n) is 22.5. The highest BCUT2D eigenvalue weighted by Gasteiger charge is 2.43. The van der Waals surface area contributed by atoms with Crippen LogP contribution in [-0.4, -0.2) is 26.0 Å². The average molecular weight is 533 g/mol. The van der Waals surface area contributed by atoms with Crippen molar-refractivity contribution in [2.24, 2.45) is 0 Å². The number of nitrogens with zero attached hydrogens (tertiary/aromatic N) is 1. The fraction of sp³-hybridized carbons (Fsp3) is 0.182. The second kappa shape index (κ2) is 11.0. The molecule has 1 aliphatic carbocycles. The van der Waals surface area contributed by atoms with Crippen LogP contribution in [0, 0.1) is 11.3 Å². The van der Waals surface area contributed by atoms with Gasteiger partial charge in [-0.1, -0.05) is 54.6 Å². The molecule has 0 saturated carbocycles. The van der Waals surface area contributed by atoms with Crippen molar-refractivity contribution in [2.45, 2.75) is 25.9 Å². The molecule has 5 rings (SSSR count). The summed E-state index contributed by atoms with van der Waals surface area (Å²) < 4.78 is 17.2. The minimum Gasteiger partial charge on any atom is -0.493 e. The number of rotatable bonds is 8. The molecule has 0 bridgehead atoms. The van der Waals surface area contributed by atoms with Gasteiger partial charge in [-0.05, 0) is 31.0 Å². The molecule has 40 heavy (non-hydrogen) atoms. The predicted octanol–water partition coefficient (Wildman–Crippen LogP) is 5.62. The van der Waals surface area contributed by atoms with Crippen molar-refractivity contribution in [3.63, 3.8) is 0 Å². The topological polar surface area (TPSA) is 97.7 Å². The summed E-state index contributed by atoms with van der Waals surface area (Å²) >= 11 is 0. The number of Topliss-reactive ketones (excluding diaryl/α,β-unsaturated/α-hetero) is 1. The first-order valence-corrected chi connectivity index (χ1v) is 12.8. The zero-order chi connectivity index (χ0) is 28.4. The van der Waals surface area contributed by atoms with Gasteiger partial charge in [0, 0.05) is 39.4 Å². The van der Waals surface area contributed by atoms with Gasteiger partial charge in [0.1, 0.15) is 6.61 Å². The number of ether oxygens (including phenoxy) is 3. The normalized spacial score (nSPS) is 15.6. The fourth-order valence-electron chi connectivity index (χ4n) is 5.42. The number of nitrogens with one attached hydrogen (secondary N) is 1. The first-order chi connectivity index (χ1) is 19.4. The molecule has 1 unspecified atom stereocenters. The molecule has 0 saturated heterocycles. The van der Waals surface area contributed by atoms with Crippen molar-refractivity contribution in [3.05, 3.63) is 124 Å². The number of dihydropyridines is 1. The molecule has 3 aromatic carbocycles. The molecule has 0 radical (unpaired) electrons. The quantitative estimate of drug-likeness (QED) is 0.297. The minimum absolute atomic E-state index is 0.144. The Hall–Kier alpha value is -5.09. The van der Waals surface area contributed by atoms with E-state index in [2.05, 4.69) is 18.0 Å². The molecule has 1 aliphatic heterocycles. The van der Waals surface area contributed by atoms with Gasteiger partial charge in [0.25, 0.3) is 0 Å². The van der Waals surface area contributed by atoms with E-state index in [4.69, 9.17) is 14.2 Å². The average Bonchev–Trinajstić information content (AvgIpc) is 3.26. The van der Waals surface area contributed by atoms with E-state index >= 15 is 0 Å². The van der Waals surface area contributed by atoms with Crippen molar-refractivity contribution < 1.29 is 23.8 Å².